The number of aliphatic carboxylic acids is 2. The fourth-order valence-corrected chi connectivity index (χ4v) is 4.20. The third-order valence-corrected chi connectivity index (χ3v) is 6.10. The first-order chi connectivity index (χ1) is 10.8. The van der Waals surface area contributed by atoms with Crippen molar-refractivity contribution < 1.29 is 36.6 Å². The van der Waals surface area contributed by atoms with Crippen LogP contribution >= 0.6 is 0 Å². The van der Waals surface area contributed by atoms with Gasteiger partial charge in [0.25, 0.3) is 0 Å². The molecule has 0 aromatic rings. The van der Waals surface area contributed by atoms with Crippen LogP contribution in [0.3, 0.4) is 0 Å². The molecule has 0 aromatic heterocycles. The molecule has 8 nitrogen and oxygen atoms in total. The summed E-state index contributed by atoms with van der Waals surface area (Å²) >= 11 is 0. The molecule has 2 N–H and O–H groups in total. The van der Waals surface area contributed by atoms with Gasteiger partial charge in [0.1, 0.15) is 0 Å². The average Bonchev–Trinajstić information content (AvgIpc) is 2.37. The molecule has 0 spiro atoms. The monoisotopic (exact) mass is 384 g/mol. The summed E-state index contributed by atoms with van der Waals surface area (Å²) in [6.07, 6.45) is 2.51. The summed E-state index contributed by atoms with van der Waals surface area (Å²) in [5, 5.41) is 16.8. The predicted octanol–water partition coefficient (Wildman–Crippen LogP) is 0.616. The van der Waals surface area contributed by atoms with E-state index in [1.54, 1.807) is 0 Å². The van der Waals surface area contributed by atoms with Crippen LogP contribution in [-0.4, -0.2) is 62.0 Å². The highest BCUT2D eigenvalue weighted by atomic mass is 32.2. The van der Waals surface area contributed by atoms with Gasteiger partial charge in [-0.05, 0) is 0 Å². The minimum atomic E-state index is -3.27. The summed E-state index contributed by atoms with van der Waals surface area (Å²) in [4.78, 5) is 20.6. The van der Waals surface area contributed by atoms with E-state index in [0.717, 1.165) is 0 Å². The molecule has 0 unspecified atom stereocenters. The van der Waals surface area contributed by atoms with Crippen LogP contribution in [0.1, 0.15) is 13.8 Å². The van der Waals surface area contributed by atoms with Crippen LogP contribution < -0.4 is 0 Å². The smallest absolute Gasteiger partial charge is 0.307 e. The Morgan fingerprint density at radius 1 is 0.833 bits per heavy atom. The molecule has 0 aliphatic heterocycles. The number of hydrogen-bond acceptors (Lipinski definition) is 6. The SMILES string of the molecule is C=CCS(=O)(=O)C[C@@H](C)C(=O)O.C=CCS(=O)(=O)C[C@@H](C)C(=O)O. The Balaban J connectivity index is 0. The first-order valence-corrected chi connectivity index (χ1v) is 10.5. The van der Waals surface area contributed by atoms with E-state index in [2.05, 4.69) is 13.2 Å². The van der Waals surface area contributed by atoms with Crippen LogP contribution in [0.25, 0.3) is 0 Å². The van der Waals surface area contributed by atoms with Crippen molar-refractivity contribution in [3.63, 3.8) is 0 Å². The van der Waals surface area contributed by atoms with E-state index in [1.807, 2.05) is 0 Å². The van der Waals surface area contributed by atoms with Gasteiger partial charge < -0.3 is 10.2 Å². The number of carboxylic acid groups (broad SMARTS) is 2. The zero-order valence-electron chi connectivity index (χ0n) is 13.7. The third kappa shape index (κ3) is 12.8. The van der Waals surface area contributed by atoms with E-state index in [1.165, 1.54) is 26.0 Å². The van der Waals surface area contributed by atoms with Crippen LogP contribution in [0.2, 0.25) is 0 Å². The lowest BCUT2D eigenvalue weighted by atomic mass is 10.2. The van der Waals surface area contributed by atoms with Gasteiger partial charge in [-0.2, -0.15) is 0 Å². The number of sulfone groups is 2. The van der Waals surface area contributed by atoms with Crippen molar-refractivity contribution in [3.05, 3.63) is 25.3 Å². The average molecular weight is 384 g/mol. The lowest BCUT2D eigenvalue weighted by molar-refractivity contribution is -0.141. The zero-order chi connectivity index (χ0) is 19.6. The second-order valence-corrected chi connectivity index (χ2v) is 9.52. The minimum Gasteiger partial charge on any atom is -0.481 e. The highest BCUT2D eigenvalue weighted by Crippen LogP contribution is 2.03. The molecule has 0 heterocycles. The molecule has 0 aliphatic carbocycles. The van der Waals surface area contributed by atoms with Gasteiger partial charge in [-0.15, -0.1) is 13.2 Å². The molecule has 24 heavy (non-hydrogen) atoms. The van der Waals surface area contributed by atoms with Gasteiger partial charge in [-0.3, -0.25) is 9.59 Å². The summed E-state index contributed by atoms with van der Waals surface area (Å²) in [5.74, 6) is -4.87. The van der Waals surface area contributed by atoms with Crippen molar-refractivity contribution in [3.8, 4) is 0 Å². The molecule has 0 aromatic carbocycles. The Labute approximate surface area is 142 Å². The van der Waals surface area contributed by atoms with Gasteiger partial charge in [0.05, 0.1) is 34.8 Å². The number of carbonyl (C=O) groups is 2. The fraction of sp³-hybridized carbons (Fsp3) is 0.571. The molecule has 0 saturated carbocycles. The molecule has 2 atom stereocenters. The topological polar surface area (TPSA) is 143 Å². The van der Waals surface area contributed by atoms with Gasteiger partial charge in [-0.1, -0.05) is 26.0 Å². The van der Waals surface area contributed by atoms with E-state index in [-0.39, 0.29) is 23.0 Å². The largest absolute Gasteiger partial charge is 0.481 e. The fourth-order valence-electron chi connectivity index (χ4n) is 1.40. The normalized spacial score (nSPS) is 13.8. The van der Waals surface area contributed by atoms with Gasteiger partial charge in [0, 0.05) is 0 Å². The van der Waals surface area contributed by atoms with E-state index in [0.29, 0.717) is 0 Å². The predicted molar refractivity (Wildman–Crippen MR) is 91.3 cm³/mol. The van der Waals surface area contributed by atoms with Crippen molar-refractivity contribution in [2.24, 2.45) is 11.8 Å². The maximum Gasteiger partial charge on any atom is 0.307 e. The van der Waals surface area contributed by atoms with Crippen molar-refractivity contribution in [2.75, 3.05) is 23.0 Å². The summed E-state index contributed by atoms with van der Waals surface area (Å²) < 4.78 is 44.0. The molecular formula is C14H24O8S2. The first-order valence-electron chi connectivity index (χ1n) is 6.86. The molecular weight excluding hydrogens is 360 g/mol. The summed E-state index contributed by atoms with van der Waals surface area (Å²) in [6, 6.07) is 0. The summed E-state index contributed by atoms with van der Waals surface area (Å²) in [6.45, 7) is 9.27. The number of carboxylic acids is 2. The maximum atomic E-state index is 11.0. The standard InChI is InChI=1S/2C7H12O4S/c2*1-3-4-12(10,11)5-6(2)7(8)9/h2*3,6H,1,4-5H2,2H3,(H,8,9)/t2*6-/m11/s1. The Bertz CT molecular complexity index is 588. The molecule has 140 valence electrons. The highest BCUT2D eigenvalue weighted by molar-refractivity contribution is 7.91. The Morgan fingerprint density at radius 2 is 1.08 bits per heavy atom. The molecule has 0 aliphatic rings. The van der Waals surface area contributed by atoms with Gasteiger partial charge in [-0.25, -0.2) is 16.8 Å². The maximum absolute atomic E-state index is 11.0. The van der Waals surface area contributed by atoms with E-state index in [4.69, 9.17) is 10.2 Å². The third-order valence-electron chi connectivity index (χ3n) is 2.59. The second kappa shape index (κ2) is 11.0. The molecule has 0 radical (unpaired) electrons. The second-order valence-electron chi connectivity index (χ2n) is 5.21. The number of hydrogen-bond donors (Lipinski definition) is 2. The molecule has 0 rings (SSSR count). The highest BCUT2D eigenvalue weighted by Gasteiger charge is 2.20. The van der Waals surface area contributed by atoms with Crippen molar-refractivity contribution in [1.82, 2.24) is 0 Å². The molecule has 0 bridgehead atoms. The minimum absolute atomic E-state index is 0.162. The van der Waals surface area contributed by atoms with Crippen molar-refractivity contribution in [1.29, 1.82) is 0 Å². The van der Waals surface area contributed by atoms with Gasteiger partial charge in [0.2, 0.25) is 0 Å². The van der Waals surface area contributed by atoms with Crippen molar-refractivity contribution >= 4 is 31.6 Å². The molecule has 0 saturated heterocycles. The van der Waals surface area contributed by atoms with E-state index >= 15 is 0 Å². The Kier molecular flexibility index (Phi) is 11.2. The lowest BCUT2D eigenvalue weighted by Crippen LogP contribution is -2.22. The van der Waals surface area contributed by atoms with Crippen LogP contribution in [0, 0.1) is 11.8 Å². The number of rotatable bonds is 10. The van der Waals surface area contributed by atoms with E-state index in [9.17, 15) is 26.4 Å². The first kappa shape index (κ1) is 24.6. The quantitative estimate of drug-likeness (QED) is 0.522. The zero-order valence-corrected chi connectivity index (χ0v) is 15.3. The van der Waals surface area contributed by atoms with E-state index < -0.39 is 43.4 Å². The van der Waals surface area contributed by atoms with Crippen molar-refractivity contribution in [2.45, 2.75) is 13.8 Å². The summed E-state index contributed by atoms with van der Waals surface area (Å²) in [7, 11) is -6.55. The van der Waals surface area contributed by atoms with Crippen LogP contribution in [-0.2, 0) is 29.3 Å². The van der Waals surface area contributed by atoms with Crippen LogP contribution in [0.15, 0.2) is 25.3 Å². The van der Waals surface area contributed by atoms with Gasteiger partial charge >= 0.3 is 11.9 Å². The lowest BCUT2D eigenvalue weighted by Gasteiger charge is -2.04. The molecule has 0 amide bonds. The van der Waals surface area contributed by atoms with Crippen LogP contribution in [0.4, 0.5) is 0 Å². The summed E-state index contributed by atoms with van der Waals surface area (Å²) in [5.41, 5.74) is 0. The Morgan fingerprint density at radius 3 is 1.25 bits per heavy atom. The Hall–Kier alpha value is -1.68. The van der Waals surface area contributed by atoms with Gasteiger partial charge in [0.15, 0.2) is 19.7 Å². The van der Waals surface area contributed by atoms with Crippen LogP contribution in [0.5, 0.6) is 0 Å². The molecule has 10 heteroatoms. The molecule has 0 fully saturated rings.